The van der Waals surface area contributed by atoms with E-state index in [0.29, 0.717) is 13.2 Å². The van der Waals surface area contributed by atoms with Gasteiger partial charge in [0.15, 0.2) is 11.6 Å². The van der Waals surface area contributed by atoms with Crippen LogP contribution in [0.2, 0.25) is 0 Å². The number of rotatable bonds is 6. The molecule has 5 rings (SSSR count). The maximum absolute atomic E-state index is 5.79. The van der Waals surface area contributed by atoms with Gasteiger partial charge in [0.05, 0.1) is 126 Å². The number of likely N-dealkylation sites (tertiary alicyclic amines) is 1. The topological polar surface area (TPSA) is 55.4 Å². The van der Waals surface area contributed by atoms with Gasteiger partial charge < -0.3 is 41.9 Å². The molecule has 5 fully saturated rings. The van der Waals surface area contributed by atoms with Gasteiger partial charge in [-0.1, -0.05) is 0 Å². The third kappa shape index (κ3) is 9.86. The van der Waals surface area contributed by atoms with Crippen LogP contribution < -0.4 is 0 Å². The van der Waals surface area contributed by atoms with Crippen LogP contribution in [0.1, 0.15) is 59.3 Å². The summed E-state index contributed by atoms with van der Waals surface area (Å²) in [5, 5.41) is 0. The van der Waals surface area contributed by atoms with Gasteiger partial charge in [0.1, 0.15) is 6.54 Å². The molecule has 9 heteroatoms. The van der Waals surface area contributed by atoms with Crippen molar-refractivity contribution in [1.29, 1.82) is 0 Å². The largest absolute Gasteiger partial charge is 0.348 e. The van der Waals surface area contributed by atoms with Crippen molar-refractivity contribution in [1.82, 2.24) is 0 Å². The molecule has 0 aromatic rings. The first-order chi connectivity index (χ1) is 18.4. The molecule has 0 bridgehead atoms. The molecule has 0 saturated carbocycles. The van der Waals surface area contributed by atoms with E-state index in [1.165, 1.54) is 50.0 Å². The van der Waals surface area contributed by atoms with Crippen molar-refractivity contribution in [3.8, 4) is 0 Å². The summed E-state index contributed by atoms with van der Waals surface area (Å²) < 4.78 is 37.0. The van der Waals surface area contributed by atoms with Gasteiger partial charge >= 0.3 is 0 Å². The zero-order chi connectivity index (χ0) is 28.6. The Kier molecular flexibility index (Phi) is 12.1. The summed E-state index contributed by atoms with van der Waals surface area (Å²) in [6.07, 6.45) is 7.10. The van der Waals surface area contributed by atoms with Gasteiger partial charge in [-0.05, 0) is 20.8 Å². The molecular weight excluding hydrogens is 498 g/mol. The Morgan fingerprint density at radius 3 is 1.54 bits per heavy atom. The van der Waals surface area contributed by atoms with E-state index >= 15 is 0 Å². The molecule has 1 unspecified atom stereocenters. The summed E-state index contributed by atoms with van der Waals surface area (Å²) in [6, 6.07) is 0.865. The number of hydrogen-bond donors (Lipinski definition) is 0. The maximum Gasteiger partial charge on any atom is 0.207 e. The third-order valence-electron chi connectivity index (χ3n) is 9.26. The van der Waals surface area contributed by atoms with Crippen LogP contribution >= 0.6 is 0 Å². The monoisotopic (exact) mass is 560 g/mol. The van der Waals surface area contributed by atoms with E-state index in [1.807, 2.05) is 13.8 Å². The fourth-order valence-corrected chi connectivity index (χ4v) is 6.61. The van der Waals surface area contributed by atoms with Gasteiger partial charge in [-0.3, -0.25) is 0 Å². The maximum atomic E-state index is 5.79. The summed E-state index contributed by atoms with van der Waals surface area (Å²) >= 11 is 0. The fraction of sp³-hybridized carbons (Fsp3) is 1.00. The lowest BCUT2D eigenvalue weighted by molar-refractivity contribution is -0.945. The van der Waals surface area contributed by atoms with Crippen LogP contribution in [-0.2, 0) is 28.4 Å². The standard InChI is InChI=1S/C12H22NO2.C9H18NO2.C9H22NO2/c1-11-3-2-6-13(11)7-4-12(5-8-13)14-9-10-15-12;1-10(2)5-3-9(4-6-10)11-7-8-12-9;1-6-11-9(12-7-2)8-10(3,4)5/h11H,2-10H2,1H3;3-8H2,1-2H3;9H,6-8H2,1-5H3/q3*+1. The van der Waals surface area contributed by atoms with Gasteiger partial charge in [0.2, 0.25) is 6.29 Å². The quantitative estimate of drug-likeness (QED) is 0.367. The minimum Gasteiger partial charge on any atom is -0.348 e. The molecule has 1 atom stereocenters. The Labute approximate surface area is 239 Å². The van der Waals surface area contributed by atoms with Crippen LogP contribution in [0, 0.1) is 0 Å². The molecule has 0 radical (unpaired) electrons. The van der Waals surface area contributed by atoms with Crippen molar-refractivity contribution in [2.45, 2.75) is 83.2 Å². The Balaban J connectivity index is 0.000000164. The molecule has 5 aliphatic rings. The highest BCUT2D eigenvalue weighted by Crippen LogP contribution is 2.39. The van der Waals surface area contributed by atoms with Gasteiger partial charge in [0, 0.05) is 26.1 Å². The number of nitrogens with zero attached hydrogens (tertiary/aromatic N) is 3. The molecule has 5 aliphatic heterocycles. The van der Waals surface area contributed by atoms with E-state index in [4.69, 9.17) is 28.4 Å². The number of likely N-dealkylation sites (N-methyl/N-ethyl adjacent to an activating group) is 1. The molecular formula is C30H62N3O6+3. The lowest BCUT2D eigenvalue weighted by Crippen LogP contribution is -2.59. The molecule has 9 nitrogen and oxygen atoms in total. The predicted molar refractivity (Wildman–Crippen MR) is 153 cm³/mol. The van der Waals surface area contributed by atoms with Crippen LogP contribution in [0.4, 0.5) is 0 Å². The van der Waals surface area contributed by atoms with Crippen LogP contribution in [0.15, 0.2) is 0 Å². The molecule has 0 amide bonds. The highest BCUT2D eigenvalue weighted by atomic mass is 16.7. The Morgan fingerprint density at radius 1 is 0.744 bits per heavy atom. The Bertz CT molecular complexity index is 688. The van der Waals surface area contributed by atoms with Crippen molar-refractivity contribution in [3.05, 3.63) is 0 Å². The van der Waals surface area contributed by atoms with E-state index in [2.05, 4.69) is 42.2 Å². The molecule has 3 spiro atoms. The smallest absolute Gasteiger partial charge is 0.207 e. The zero-order valence-corrected chi connectivity index (χ0v) is 26.7. The number of ether oxygens (including phenoxy) is 6. The Hall–Kier alpha value is -0.360. The molecule has 5 heterocycles. The number of hydrogen-bond acceptors (Lipinski definition) is 6. The Morgan fingerprint density at radius 2 is 1.18 bits per heavy atom. The highest BCUT2D eigenvalue weighted by Gasteiger charge is 2.50. The average Bonchev–Trinajstić information content (AvgIpc) is 3.61. The normalized spacial score (nSPS) is 28.4. The van der Waals surface area contributed by atoms with E-state index in [0.717, 1.165) is 73.7 Å². The summed E-state index contributed by atoms with van der Waals surface area (Å²) in [5.41, 5.74) is 0. The lowest BCUT2D eigenvalue weighted by Gasteiger charge is -2.46. The minimum absolute atomic E-state index is 0.0556. The van der Waals surface area contributed by atoms with Gasteiger partial charge in [0.25, 0.3) is 0 Å². The predicted octanol–water partition coefficient (Wildman–Crippen LogP) is 3.21. The number of quaternary nitrogens is 3. The molecule has 0 aromatic carbocycles. The second kappa shape index (κ2) is 14.2. The van der Waals surface area contributed by atoms with Gasteiger partial charge in [-0.15, -0.1) is 0 Å². The summed E-state index contributed by atoms with van der Waals surface area (Å²) in [7, 11) is 10.9. The second-order valence-electron chi connectivity index (χ2n) is 13.8. The van der Waals surface area contributed by atoms with E-state index in [9.17, 15) is 0 Å². The van der Waals surface area contributed by atoms with Crippen LogP contribution in [-0.4, -0.2) is 152 Å². The lowest BCUT2D eigenvalue weighted by atomic mass is 10.00. The van der Waals surface area contributed by atoms with Gasteiger partial charge in [-0.2, -0.15) is 0 Å². The molecule has 230 valence electrons. The minimum atomic E-state index is -0.187. The van der Waals surface area contributed by atoms with Crippen LogP contribution in [0.25, 0.3) is 0 Å². The summed E-state index contributed by atoms with van der Waals surface area (Å²) in [5.74, 6) is -0.362. The van der Waals surface area contributed by atoms with Crippen molar-refractivity contribution < 1.29 is 41.9 Å². The molecule has 0 aliphatic carbocycles. The van der Waals surface area contributed by atoms with Crippen LogP contribution in [0.5, 0.6) is 0 Å². The summed E-state index contributed by atoms with van der Waals surface area (Å²) in [4.78, 5) is 0. The number of piperidine rings is 2. The summed E-state index contributed by atoms with van der Waals surface area (Å²) in [6.45, 7) is 18.1. The van der Waals surface area contributed by atoms with E-state index in [1.54, 1.807) is 0 Å². The molecule has 0 aromatic heterocycles. The third-order valence-corrected chi connectivity index (χ3v) is 9.26. The van der Waals surface area contributed by atoms with Crippen molar-refractivity contribution in [2.24, 2.45) is 0 Å². The van der Waals surface area contributed by atoms with E-state index < -0.39 is 0 Å². The van der Waals surface area contributed by atoms with Crippen molar-refractivity contribution in [3.63, 3.8) is 0 Å². The second-order valence-corrected chi connectivity index (χ2v) is 13.8. The van der Waals surface area contributed by atoms with E-state index in [-0.39, 0.29) is 17.9 Å². The van der Waals surface area contributed by atoms with Crippen molar-refractivity contribution in [2.75, 3.05) is 114 Å². The first-order valence-corrected chi connectivity index (χ1v) is 15.6. The molecule has 0 N–H and O–H groups in total. The first-order valence-electron chi connectivity index (χ1n) is 15.6. The average molecular weight is 561 g/mol. The fourth-order valence-electron chi connectivity index (χ4n) is 6.61. The SMILES string of the molecule is CC1CCC[N+]12CCC1(CC2)OCCO1.CCOC(C[N+](C)(C)C)OCC.C[N+]1(C)CCC2(CC1)OCCO2. The highest BCUT2D eigenvalue weighted by molar-refractivity contribution is 4.81. The van der Waals surface area contributed by atoms with Gasteiger partial charge in [-0.25, -0.2) is 0 Å². The van der Waals surface area contributed by atoms with Crippen molar-refractivity contribution >= 4 is 0 Å². The molecule has 39 heavy (non-hydrogen) atoms. The van der Waals surface area contributed by atoms with Crippen LogP contribution in [0.3, 0.4) is 0 Å². The molecule has 5 saturated heterocycles. The zero-order valence-electron chi connectivity index (χ0n) is 26.7. The first kappa shape index (κ1) is 33.1.